The van der Waals surface area contributed by atoms with Crippen molar-refractivity contribution in [1.82, 2.24) is 4.31 Å². The molecule has 1 heterocycles. The minimum Gasteiger partial charge on any atom is -0.494 e. The number of ether oxygens (including phenoxy) is 1. The van der Waals surface area contributed by atoms with Crippen molar-refractivity contribution in [2.24, 2.45) is 11.8 Å². The smallest absolute Gasteiger partial charge is 0.255 e. The Morgan fingerprint density at radius 3 is 2.37 bits per heavy atom. The van der Waals surface area contributed by atoms with Crippen molar-refractivity contribution in [2.45, 2.75) is 32.1 Å². The molecule has 1 aliphatic heterocycles. The molecule has 2 aromatic carbocycles. The van der Waals surface area contributed by atoms with Gasteiger partial charge in [0.05, 0.1) is 6.61 Å². The van der Waals surface area contributed by atoms with Gasteiger partial charge in [0, 0.05) is 24.3 Å². The first-order valence-electron chi connectivity index (χ1n) is 10.0. The second kappa shape index (κ2) is 9.14. The van der Waals surface area contributed by atoms with E-state index in [-0.39, 0.29) is 17.4 Å². The fraction of sp³-hybridized carbons (Fsp3) is 0.409. The summed E-state index contributed by atoms with van der Waals surface area (Å²) in [7, 11) is -4.04. The zero-order valence-corrected chi connectivity index (χ0v) is 18.2. The summed E-state index contributed by atoms with van der Waals surface area (Å²) in [4.78, 5) is 12.2. The third-order valence-corrected chi connectivity index (χ3v) is 6.92. The van der Waals surface area contributed by atoms with Gasteiger partial charge >= 0.3 is 0 Å². The zero-order chi connectivity index (χ0) is 21.9. The summed E-state index contributed by atoms with van der Waals surface area (Å²) in [6.45, 7) is 7.06. The van der Waals surface area contributed by atoms with Crippen LogP contribution in [0.5, 0.6) is 5.75 Å². The van der Waals surface area contributed by atoms with Crippen LogP contribution in [0.2, 0.25) is 0 Å². The van der Waals surface area contributed by atoms with E-state index in [0.29, 0.717) is 31.1 Å². The van der Waals surface area contributed by atoms with Crippen molar-refractivity contribution < 1.29 is 22.3 Å². The van der Waals surface area contributed by atoms with Crippen LogP contribution in [0.25, 0.3) is 0 Å². The van der Waals surface area contributed by atoms with E-state index in [9.17, 15) is 17.6 Å². The number of halogens is 1. The van der Waals surface area contributed by atoms with E-state index < -0.39 is 26.6 Å². The third kappa shape index (κ3) is 4.99. The number of anilines is 1. The Morgan fingerprint density at radius 1 is 1.13 bits per heavy atom. The lowest BCUT2D eigenvalue weighted by Gasteiger charge is -2.34. The number of piperidine rings is 1. The van der Waals surface area contributed by atoms with Crippen LogP contribution in [0, 0.1) is 17.7 Å². The van der Waals surface area contributed by atoms with Gasteiger partial charge in [-0.2, -0.15) is 4.31 Å². The van der Waals surface area contributed by atoms with Crippen LogP contribution in [0.15, 0.2) is 47.4 Å². The molecular weight excluding hydrogens is 407 g/mol. The first-order valence-corrected chi connectivity index (χ1v) is 11.5. The summed E-state index contributed by atoms with van der Waals surface area (Å²) in [5.74, 6) is -0.319. The summed E-state index contributed by atoms with van der Waals surface area (Å²) < 4.78 is 47.3. The molecule has 1 aliphatic rings. The highest BCUT2D eigenvalue weighted by atomic mass is 32.2. The molecule has 2 unspecified atom stereocenters. The first-order chi connectivity index (χ1) is 14.2. The standard InChI is InChI=1S/C22H27FN2O4S/c1-4-29-19-8-6-18(7-9-19)24-22(26)17-5-10-20(23)21(12-17)30(27,28)25-13-15(2)11-16(3)14-25/h5-10,12,15-16H,4,11,13-14H2,1-3H3,(H,24,26). The number of carbonyl (C=O) groups excluding carboxylic acids is 1. The second-order valence-corrected chi connectivity index (χ2v) is 9.73. The minimum atomic E-state index is -4.04. The molecule has 1 N–H and O–H groups in total. The van der Waals surface area contributed by atoms with Gasteiger partial charge in [-0.1, -0.05) is 13.8 Å². The van der Waals surface area contributed by atoms with Gasteiger partial charge in [-0.05, 0) is 67.6 Å². The van der Waals surface area contributed by atoms with Crippen LogP contribution in [0.4, 0.5) is 10.1 Å². The summed E-state index contributed by atoms with van der Waals surface area (Å²) in [6, 6.07) is 10.2. The number of sulfonamides is 1. The molecular formula is C22H27FN2O4S. The molecule has 8 heteroatoms. The fourth-order valence-electron chi connectivity index (χ4n) is 3.79. The topological polar surface area (TPSA) is 75.7 Å². The molecule has 0 radical (unpaired) electrons. The predicted octanol–water partition coefficient (Wildman–Crippen LogP) is 4.14. The van der Waals surface area contributed by atoms with Gasteiger partial charge in [0.25, 0.3) is 5.91 Å². The number of rotatable bonds is 6. The van der Waals surface area contributed by atoms with Gasteiger partial charge < -0.3 is 10.1 Å². The second-order valence-electron chi connectivity index (χ2n) is 7.82. The molecule has 3 rings (SSSR count). The van der Waals surface area contributed by atoms with Crippen molar-refractivity contribution in [3.8, 4) is 5.75 Å². The number of amides is 1. The van der Waals surface area contributed by atoms with Crippen molar-refractivity contribution >= 4 is 21.6 Å². The fourth-order valence-corrected chi connectivity index (χ4v) is 5.56. The van der Waals surface area contributed by atoms with Gasteiger partial charge in [0.2, 0.25) is 10.0 Å². The highest BCUT2D eigenvalue weighted by Gasteiger charge is 2.33. The van der Waals surface area contributed by atoms with Crippen molar-refractivity contribution in [3.63, 3.8) is 0 Å². The molecule has 0 spiro atoms. The highest BCUT2D eigenvalue weighted by Crippen LogP contribution is 2.28. The lowest BCUT2D eigenvalue weighted by atomic mass is 9.94. The van der Waals surface area contributed by atoms with Crippen LogP contribution >= 0.6 is 0 Å². The summed E-state index contributed by atoms with van der Waals surface area (Å²) in [5.41, 5.74) is 0.595. The van der Waals surface area contributed by atoms with Gasteiger partial charge in [0.1, 0.15) is 16.5 Å². The quantitative estimate of drug-likeness (QED) is 0.741. The van der Waals surface area contributed by atoms with E-state index in [1.807, 2.05) is 20.8 Å². The molecule has 1 amide bonds. The first kappa shape index (κ1) is 22.2. The van der Waals surface area contributed by atoms with Crippen molar-refractivity contribution in [3.05, 3.63) is 53.8 Å². The van der Waals surface area contributed by atoms with Gasteiger partial charge in [-0.15, -0.1) is 0 Å². The summed E-state index contributed by atoms with van der Waals surface area (Å²) in [6.07, 6.45) is 0.930. The maximum absolute atomic E-state index is 14.5. The van der Waals surface area contributed by atoms with E-state index in [0.717, 1.165) is 18.6 Å². The van der Waals surface area contributed by atoms with Crippen LogP contribution < -0.4 is 10.1 Å². The van der Waals surface area contributed by atoms with E-state index in [2.05, 4.69) is 5.32 Å². The molecule has 0 saturated carbocycles. The normalized spacial score (nSPS) is 20.0. The van der Waals surface area contributed by atoms with Crippen molar-refractivity contribution in [1.29, 1.82) is 0 Å². The Labute approximate surface area is 177 Å². The number of nitrogens with one attached hydrogen (secondary N) is 1. The average Bonchev–Trinajstić information content (AvgIpc) is 2.69. The SMILES string of the molecule is CCOc1ccc(NC(=O)c2ccc(F)c(S(=O)(=O)N3CC(C)CC(C)C3)c2)cc1. The third-order valence-electron chi connectivity index (χ3n) is 5.07. The molecule has 2 aromatic rings. The Hall–Kier alpha value is -2.45. The number of carbonyl (C=O) groups is 1. The largest absolute Gasteiger partial charge is 0.494 e. The Kier molecular flexibility index (Phi) is 6.77. The van der Waals surface area contributed by atoms with E-state index >= 15 is 0 Å². The number of hydrogen-bond acceptors (Lipinski definition) is 4. The molecule has 6 nitrogen and oxygen atoms in total. The monoisotopic (exact) mass is 434 g/mol. The highest BCUT2D eigenvalue weighted by molar-refractivity contribution is 7.89. The Balaban J connectivity index is 1.82. The molecule has 162 valence electrons. The number of nitrogens with zero attached hydrogens (tertiary/aromatic N) is 1. The average molecular weight is 435 g/mol. The minimum absolute atomic E-state index is 0.0713. The van der Waals surface area contributed by atoms with Crippen LogP contribution in [0.3, 0.4) is 0 Å². The molecule has 0 aliphatic carbocycles. The maximum atomic E-state index is 14.5. The summed E-state index contributed by atoms with van der Waals surface area (Å²) in [5, 5.41) is 2.69. The van der Waals surface area contributed by atoms with Crippen LogP contribution in [-0.2, 0) is 10.0 Å². The maximum Gasteiger partial charge on any atom is 0.255 e. The molecule has 1 fully saturated rings. The summed E-state index contributed by atoms with van der Waals surface area (Å²) >= 11 is 0. The zero-order valence-electron chi connectivity index (χ0n) is 17.4. The molecule has 30 heavy (non-hydrogen) atoms. The van der Waals surface area contributed by atoms with E-state index in [1.165, 1.54) is 10.4 Å². The molecule has 0 aromatic heterocycles. The van der Waals surface area contributed by atoms with Crippen LogP contribution in [-0.4, -0.2) is 38.3 Å². The Morgan fingerprint density at radius 2 is 1.77 bits per heavy atom. The van der Waals surface area contributed by atoms with Crippen molar-refractivity contribution in [2.75, 3.05) is 25.0 Å². The predicted molar refractivity (Wildman–Crippen MR) is 114 cm³/mol. The van der Waals surface area contributed by atoms with Gasteiger partial charge in [-0.25, -0.2) is 12.8 Å². The number of benzene rings is 2. The van der Waals surface area contributed by atoms with E-state index in [4.69, 9.17) is 4.74 Å². The Bertz CT molecular complexity index is 998. The van der Waals surface area contributed by atoms with E-state index in [1.54, 1.807) is 24.3 Å². The molecule has 2 atom stereocenters. The molecule has 1 saturated heterocycles. The number of hydrogen-bond donors (Lipinski definition) is 1. The lowest BCUT2D eigenvalue weighted by Crippen LogP contribution is -2.42. The lowest BCUT2D eigenvalue weighted by molar-refractivity contribution is 0.102. The van der Waals surface area contributed by atoms with Crippen LogP contribution in [0.1, 0.15) is 37.6 Å². The van der Waals surface area contributed by atoms with Gasteiger partial charge in [0.15, 0.2) is 0 Å². The van der Waals surface area contributed by atoms with Gasteiger partial charge in [-0.3, -0.25) is 4.79 Å². The molecule has 0 bridgehead atoms.